The highest BCUT2D eigenvalue weighted by atomic mass is 16.6. The Kier molecular flexibility index (Phi) is 3.28. The van der Waals surface area contributed by atoms with E-state index in [4.69, 9.17) is 4.74 Å². The third-order valence-corrected chi connectivity index (χ3v) is 2.40. The SMILES string of the molecule is C=CCCC(=O)N1C(=O)OC(C)C1C. The fourth-order valence-electron chi connectivity index (χ4n) is 1.37. The van der Waals surface area contributed by atoms with Crippen LogP contribution in [0.3, 0.4) is 0 Å². The van der Waals surface area contributed by atoms with Gasteiger partial charge in [-0.15, -0.1) is 6.58 Å². The standard InChI is InChI=1S/C10H15NO3/c1-4-5-6-9(12)11-7(2)8(3)14-10(11)13/h4,7-8H,1,5-6H2,2-3H3. The second kappa shape index (κ2) is 4.26. The first-order chi connectivity index (χ1) is 6.57. The fraction of sp³-hybridized carbons (Fsp3) is 0.600. The van der Waals surface area contributed by atoms with Crippen molar-refractivity contribution in [3.05, 3.63) is 12.7 Å². The summed E-state index contributed by atoms with van der Waals surface area (Å²) >= 11 is 0. The van der Waals surface area contributed by atoms with Crippen LogP contribution in [0, 0.1) is 0 Å². The number of hydrogen-bond donors (Lipinski definition) is 0. The lowest BCUT2D eigenvalue weighted by molar-refractivity contribution is -0.129. The molecule has 2 atom stereocenters. The molecule has 0 aromatic heterocycles. The van der Waals surface area contributed by atoms with E-state index in [9.17, 15) is 9.59 Å². The van der Waals surface area contributed by atoms with Crippen molar-refractivity contribution in [3.8, 4) is 0 Å². The van der Waals surface area contributed by atoms with Crippen molar-refractivity contribution in [2.75, 3.05) is 0 Å². The van der Waals surface area contributed by atoms with Crippen LogP contribution in [0.15, 0.2) is 12.7 Å². The maximum Gasteiger partial charge on any atom is 0.417 e. The molecule has 0 aromatic carbocycles. The van der Waals surface area contributed by atoms with E-state index >= 15 is 0 Å². The van der Waals surface area contributed by atoms with E-state index in [2.05, 4.69) is 6.58 Å². The Morgan fingerprint density at radius 3 is 2.71 bits per heavy atom. The number of imide groups is 1. The molecule has 1 rings (SSSR count). The van der Waals surface area contributed by atoms with Gasteiger partial charge in [-0.1, -0.05) is 6.08 Å². The first-order valence-corrected chi connectivity index (χ1v) is 4.71. The summed E-state index contributed by atoms with van der Waals surface area (Å²) in [7, 11) is 0. The van der Waals surface area contributed by atoms with Crippen LogP contribution in [0.2, 0.25) is 0 Å². The molecule has 0 N–H and O–H groups in total. The third kappa shape index (κ3) is 1.95. The number of nitrogens with zero attached hydrogens (tertiary/aromatic N) is 1. The lowest BCUT2D eigenvalue weighted by atomic mass is 10.2. The summed E-state index contributed by atoms with van der Waals surface area (Å²) in [5, 5.41) is 0. The minimum Gasteiger partial charge on any atom is -0.444 e. The van der Waals surface area contributed by atoms with Gasteiger partial charge in [0.15, 0.2) is 0 Å². The monoisotopic (exact) mass is 197 g/mol. The molecule has 0 aromatic rings. The molecule has 4 nitrogen and oxygen atoms in total. The molecule has 14 heavy (non-hydrogen) atoms. The number of ether oxygens (including phenoxy) is 1. The average Bonchev–Trinajstić information content (AvgIpc) is 2.38. The van der Waals surface area contributed by atoms with Crippen LogP contribution in [0.25, 0.3) is 0 Å². The van der Waals surface area contributed by atoms with Gasteiger partial charge in [0.2, 0.25) is 5.91 Å². The Morgan fingerprint density at radius 2 is 2.29 bits per heavy atom. The van der Waals surface area contributed by atoms with Crippen molar-refractivity contribution in [2.45, 2.75) is 38.8 Å². The zero-order valence-electron chi connectivity index (χ0n) is 8.53. The van der Waals surface area contributed by atoms with Gasteiger partial charge in [0.1, 0.15) is 6.10 Å². The smallest absolute Gasteiger partial charge is 0.417 e. The van der Waals surface area contributed by atoms with Crippen molar-refractivity contribution in [2.24, 2.45) is 0 Å². The van der Waals surface area contributed by atoms with E-state index in [1.54, 1.807) is 19.9 Å². The van der Waals surface area contributed by atoms with Crippen LogP contribution in [-0.2, 0) is 9.53 Å². The van der Waals surface area contributed by atoms with E-state index in [0.717, 1.165) is 0 Å². The summed E-state index contributed by atoms with van der Waals surface area (Å²) < 4.78 is 4.93. The highest BCUT2D eigenvalue weighted by molar-refractivity contribution is 5.93. The summed E-state index contributed by atoms with van der Waals surface area (Å²) in [5.74, 6) is -0.188. The van der Waals surface area contributed by atoms with E-state index < -0.39 is 6.09 Å². The van der Waals surface area contributed by atoms with E-state index in [0.29, 0.717) is 12.8 Å². The Bertz CT molecular complexity index is 262. The molecule has 0 radical (unpaired) electrons. The highest BCUT2D eigenvalue weighted by Gasteiger charge is 2.39. The van der Waals surface area contributed by atoms with Crippen molar-refractivity contribution in [3.63, 3.8) is 0 Å². The van der Waals surface area contributed by atoms with E-state index in [1.165, 1.54) is 4.90 Å². The predicted octanol–water partition coefficient (Wildman–Crippen LogP) is 1.71. The number of carbonyl (C=O) groups excluding carboxylic acids is 2. The third-order valence-electron chi connectivity index (χ3n) is 2.40. The minimum absolute atomic E-state index is 0.167. The first kappa shape index (κ1) is 10.8. The second-order valence-electron chi connectivity index (χ2n) is 3.42. The van der Waals surface area contributed by atoms with Crippen molar-refractivity contribution >= 4 is 12.0 Å². The van der Waals surface area contributed by atoms with Gasteiger partial charge in [-0.3, -0.25) is 4.79 Å². The van der Waals surface area contributed by atoms with Gasteiger partial charge in [0, 0.05) is 6.42 Å². The summed E-state index contributed by atoms with van der Waals surface area (Å²) in [6.45, 7) is 7.11. The topological polar surface area (TPSA) is 46.6 Å². The molecular weight excluding hydrogens is 182 g/mol. The summed E-state index contributed by atoms with van der Waals surface area (Å²) in [4.78, 5) is 24.0. The number of cyclic esters (lactones) is 1. The van der Waals surface area contributed by atoms with Gasteiger partial charge in [-0.05, 0) is 20.3 Å². The molecule has 1 heterocycles. The molecular formula is C10H15NO3. The summed E-state index contributed by atoms with van der Waals surface area (Å²) in [5.41, 5.74) is 0. The van der Waals surface area contributed by atoms with Gasteiger partial charge in [0.25, 0.3) is 0 Å². The van der Waals surface area contributed by atoms with Crippen LogP contribution in [0.4, 0.5) is 4.79 Å². The van der Waals surface area contributed by atoms with Gasteiger partial charge in [-0.25, -0.2) is 9.69 Å². The van der Waals surface area contributed by atoms with Crippen LogP contribution in [0.1, 0.15) is 26.7 Å². The lowest BCUT2D eigenvalue weighted by Crippen LogP contribution is -2.38. The molecule has 0 bridgehead atoms. The number of amides is 2. The Morgan fingerprint density at radius 1 is 1.64 bits per heavy atom. The largest absolute Gasteiger partial charge is 0.444 e. The van der Waals surface area contributed by atoms with Crippen molar-refractivity contribution in [1.82, 2.24) is 4.90 Å². The maximum atomic E-state index is 11.5. The molecule has 2 amide bonds. The number of rotatable bonds is 3. The van der Waals surface area contributed by atoms with Crippen molar-refractivity contribution < 1.29 is 14.3 Å². The fourth-order valence-corrected chi connectivity index (χ4v) is 1.37. The first-order valence-electron chi connectivity index (χ1n) is 4.71. The van der Waals surface area contributed by atoms with Gasteiger partial charge < -0.3 is 4.74 Å². The summed E-state index contributed by atoms with van der Waals surface area (Å²) in [6.07, 6.45) is 1.82. The lowest BCUT2D eigenvalue weighted by Gasteiger charge is -2.16. The zero-order chi connectivity index (χ0) is 10.7. The highest BCUT2D eigenvalue weighted by Crippen LogP contribution is 2.19. The number of carbonyl (C=O) groups is 2. The molecule has 0 aliphatic carbocycles. The quantitative estimate of drug-likeness (QED) is 0.647. The molecule has 0 saturated carbocycles. The number of hydrogen-bond acceptors (Lipinski definition) is 3. The van der Waals surface area contributed by atoms with Gasteiger partial charge in [0.05, 0.1) is 6.04 Å². The Hall–Kier alpha value is -1.32. The van der Waals surface area contributed by atoms with Crippen LogP contribution in [0.5, 0.6) is 0 Å². The molecule has 1 fully saturated rings. The minimum atomic E-state index is -0.529. The average molecular weight is 197 g/mol. The summed E-state index contributed by atoms with van der Waals surface area (Å²) in [6, 6.07) is -0.167. The molecule has 2 unspecified atom stereocenters. The van der Waals surface area contributed by atoms with Crippen LogP contribution < -0.4 is 0 Å². The number of allylic oxidation sites excluding steroid dienone is 1. The molecule has 1 saturated heterocycles. The molecule has 1 aliphatic rings. The Labute approximate surface area is 83.5 Å². The van der Waals surface area contributed by atoms with Crippen LogP contribution >= 0.6 is 0 Å². The predicted molar refractivity (Wildman–Crippen MR) is 51.7 cm³/mol. The normalized spacial score (nSPS) is 26.1. The van der Waals surface area contributed by atoms with Gasteiger partial charge in [-0.2, -0.15) is 0 Å². The van der Waals surface area contributed by atoms with E-state index in [1.807, 2.05) is 0 Å². The van der Waals surface area contributed by atoms with Gasteiger partial charge >= 0.3 is 6.09 Å². The molecule has 4 heteroatoms. The Balaban J connectivity index is 2.62. The molecule has 1 aliphatic heterocycles. The molecule has 0 spiro atoms. The van der Waals surface area contributed by atoms with E-state index in [-0.39, 0.29) is 18.1 Å². The second-order valence-corrected chi connectivity index (χ2v) is 3.42. The maximum absolute atomic E-state index is 11.5. The van der Waals surface area contributed by atoms with Crippen LogP contribution in [-0.4, -0.2) is 29.0 Å². The zero-order valence-corrected chi connectivity index (χ0v) is 8.53. The van der Waals surface area contributed by atoms with Crippen molar-refractivity contribution in [1.29, 1.82) is 0 Å². The molecule has 78 valence electrons.